The van der Waals surface area contributed by atoms with Gasteiger partial charge in [0.15, 0.2) is 0 Å². The number of carbonyl (C=O) groups excluding carboxylic acids is 1. The van der Waals surface area contributed by atoms with Crippen LogP contribution < -0.4 is 5.73 Å². The van der Waals surface area contributed by atoms with Crippen molar-refractivity contribution < 1.29 is 9.53 Å². The number of benzene rings is 1. The van der Waals surface area contributed by atoms with Gasteiger partial charge in [-0.05, 0) is 29.9 Å². The van der Waals surface area contributed by atoms with Gasteiger partial charge >= 0.3 is 5.97 Å². The van der Waals surface area contributed by atoms with Gasteiger partial charge < -0.3 is 10.5 Å². The minimum absolute atomic E-state index is 0.150. The van der Waals surface area contributed by atoms with Crippen LogP contribution in [0.2, 0.25) is 0 Å². The first-order valence-corrected chi connectivity index (χ1v) is 7.30. The quantitative estimate of drug-likeness (QED) is 0.830. The number of hydrogen-bond acceptors (Lipinski definition) is 3. The minimum Gasteiger partial charge on any atom is -0.456 e. The molecule has 1 aromatic carbocycles. The van der Waals surface area contributed by atoms with E-state index in [1.54, 1.807) is 0 Å². The number of ether oxygens (including phenoxy) is 1. The van der Waals surface area contributed by atoms with Gasteiger partial charge in [0.05, 0.1) is 0 Å². The van der Waals surface area contributed by atoms with Gasteiger partial charge in [-0.2, -0.15) is 0 Å². The normalized spacial score (nSPS) is 28.4. The predicted molar refractivity (Wildman–Crippen MR) is 73.7 cm³/mol. The highest BCUT2D eigenvalue weighted by Crippen LogP contribution is 2.34. The predicted octanol–water partition coefficient (Wildman–Crippen LogP) is 3.05. The average Bonchev–Trinajstić information content (AvgIpc) is 2.80. The molecule has 2 atom stereocenters. The van der Waals surface area contributed by atoms with Gasteiger partial charge in [-0.3, -0.25) is 4.79 Å². The Labute approximate surface area is 114 Å². The van der Waals surface area contributed by atoms with Crippen LogP contribution in [0.5, 0.6) is 0 Å². The van der Waals surface area contributed by atoms with Crippen LogP contribution in [0.1, 0.15) is 61.7 Å². The molecule has 2 fully saturated rings. The van der Waals surface area contributed by atoms with Gasteiger partial charge in [0.25, 0.3) is 0 Å². The van der Waals surface area contributed by atoms with Crippen LogP contribution in [0, 0.1) is 0 Å². The number of rotatable bonds is 2. The molecule has 2 N–H and O–H groups in total. The molecule has 3 nitrogen and oxygen atoms in total. The minimum atomic E-state index is -0.456. The number of hydrogen-bond donors (Lipinski definition) is 1. The van der Waals surface area contributed by atoms with Gasteiger partial charge in [-0.1, -0.05) is 43.5 Å². The molecule has 3 heteroatoms. The van der Waals surface area contributed by atoms with Crippen molar-refractivity contribution in [3.8, 4) is 0 Å². The van der Waals surface area contributed by atoms with Crippen molar-refractivity contribution in [3.05, 3.63) is 35.4 Å². The van der Waals surface area contributed by atoms with Crippen LogP contribution in [0.15, 0.2) is 24.3 Å². The van der Waals surface area contributed by atoms with E-state index in [-0.39, 0.29) is 12.1 Å². The van der Waals surface area contributed by atoms with Crippen LogP contribution >= 0.6 is 0 Å². The first-order valence-electron chi connectivity index (χ1n) is 7.30. The number of carbonyl (C=O) groups is 1. The van der Waals surface area contributed by atoms with E-state index >= 15 is 0 Å². The first kappa shape index (κ1) is 12.7. The van der Waals surface area contributed by atoms with E-state index in [9.17, 15) is 4.79 Å². The van der Waals surface area contributed by atoms with Crippen molar-refractivity contribution in [3.63, 3.8) is 0 Å². The molecule has 2 aliphatic rings. The van der Waals surface area contributed by atoms with E-state index in [2.05, 4.69) is 24.3 Å². The smallest absolute Gasteiger partial charge is 0.323 e. The highest BCUT2D eigenvalue weighted by Gasteiger charge is 2.32. The Kier molecular flexibility index (Phi) is 3.56. The van der Waals surface area contributed by atoms with Crippen LogP contribution in [0.4, 0.5) is 0 Å². The zero-order valence-corrected chi connectivity index (χ0v) is 11.2. The molecule has 19 heavy (non-hydrogen) atoms. The fourth-order valence-corrected chi connectivity index (χ4v) is 3.23. The summed E-state index contributed by atoms with van der Waals surface area (Å²) >= 11 is 0. The molecule has 1 aliphatic carbocycles. The first-order chi connectivity index (χ1) is 9.24. The van der Waals surface area contributed by atoms with Crippen molar-refractivity contribution >= 4 is 5.97 Å². The summed E-state index contributed by atoms with van der Waals surface area (Å²) in [6.45, 7) is 0. The Morgan fingerprint density at radius 2 is 1.63 bits per heavy atom. The van der Waals surface area contributed by atoms with Gasteiger partial charge in [0.2, 0.25) is 0 Å². The highest BCUT2D eigenvalue weighted by atomic mass is 16.6. The van der Waals surface area contributed by atoms with Crippen LogP contribution in [0.3, 0.4) is 0 Å². The maximum Gasteiger partial charge on any atom is 0.323 e. The fourth-order valence-electron chi connectivity index (χ4n) is 3.23. The van der Waals surface area contributed by atoms with E-state index in [0.717, 1.165) is 11.5 Å². The molecular formula is C16H21NO2. The van der Waals surface area contributed by atoms with E-state index < -0.39 is 6.04 Å². The van der Waals surface area contributed by atoms with Gasteiger partial charge in [-0.25, -0.2) is 0 Å². The Morgan fingerprint density at radius 1 is 1.00 bits per heavy atom. The molecular weight excluding hydrogens is 238 g/mol. The third-order valence-electron chi connectivity index (χ3n) is 4.41. The zero-order chi connectivity index (χ0) is 13.2. The van der Waals surface area contributed by atoms with Crippen molar-refractivity contribution in [2.24, 2.45) is 5.73 Å². The second-order valence-electron chi connectivity index (χ2n) is 5.77. The van der Waals surface area contributed by atoms with Gasteiger partial charge in [0, 0.05) is 6.42 Å². The van der Waals surface area contributed by atoms with Crippen LogP contribution in [-0.4, -0.2) is 12.0 Å². The molecule has 3 rings (SSSR count). The largest absolute Gasteiger partial charge is 0.456 e. The number of nitrogens with two attached hydrogens (primary N) is 1. The van der Waals surface area contributed by atoms with E-state index in [1.807, 2.05) is 0 Å². The molecule has 1 aliphatic heterocycles. The van der Waals surface area contributed by atoms with Gasteiger partial charge in [-0.15, -0.1) is 0 Å². The second kappa shape index (κ2) is 5.33. The summed E-state index contributed by atoms with van der Waals surface area (Å²) in [5.74, 6) is 0.442. The highest BCUT2D eigenvalue weighted by molar-refractivity contribution is 5.77. The lowest BCUT2D eigenvalue weighted by Gasteiger charge is -2.22. The lowest BCUT2D eigenvalue weighted by molar-refractivity contribution is -0.142. The fraction of sp³-hybridized carbons (Fsp3) is 0.562. The molecule has 1 saturated carbocycles. The Bertz CT molecular complexity index is 448. The SMILES string of the molecule is NC1CC(c2ccc(C3CCCCC3)cc2)OC1=O. The van der Waals surface area contributed by atoms with E-state index in [1.165, 1.54) is 37.7 Å². The Morgan fingerprint density at radius 3 is 2.21 bits per heavy atom. The summed E-state index contributed by atoms with van der Waals surface area (Å²) in [5.41, 5.74) is 8.18. The summed E-state index contributed by atoms with van der Waals surface area (Å²) < 4.78 is 5.28. The number of esters is 1. The van der Waals surface area contributed by atoms with E-state index in [4.69, 9.17) is 10.5 Å². The van der Waals surface area contributed by atoms with Gasteiger partial charge in [0.1, 0.15) is 12.1 Å². The third kappa shape index (κ3) is 2.66. The van der Waals surface area contributed by atoms with Crippen molar-refractivity contribution in [1.82, 2.24) is 0 Å². The molecule has 0 bridgehead atoms. The van der Waals surface area contributed by atoms with Crippen molar-refractivity contribution in [1.29, 1.82) is 0 Å². The van der Waals surface area contributed by atoms with Crippen molar-refractivity contribution in [2.45, 2.75) is 56.6 Å². The third-order valence-corrected chi connectivity index (χ3v) is 4.41. The maximum absolute atomic E-state index is 11.3. The molecule has 0 amide bonds. The van der Waals surface area contributed by atoms with E-state index in [0.29, 0.717) is 6.42 Å². The average molecular weight is 259 g/mol. The molecule has 102 valence electrons. The standard InChI is InChI=1S/C16H21NO2/c17-14-10-15(19-16(14)18)13-8-6-12(7-9-13)11-4-2-1-3-5-11/h6-9,11,14-15H,1-5,10,17H2. The molecule has 1 saturated heterocycles. The Balaban J connectivity index is 1.70. The molecule has 0 spiro atoms. The lowest BCUT2D eigenvalue weighted by Crippen LogP contribution is -2.24. The molecule has 0 aromatic heterocycles. The summed E-state index contributed by atoms with van der Waals surface area (Å²) in [6, 6.07) is 8.13. The topological polar surface area (TPSA) is 52.3 Å². The summed E-state index contributed by atoms with van der Waals surface area (Å²) in [7, 11) is 0. The summed E-state index contributed by atoms with van der Waals surface area (Å²) in [4.78, 5) is 11.3. The molecule has 2 unspecified atom stereocenters. The monoisotopic (exact) mass is 259 g/mol. The molecule has 0 radical (unpaired) electrons. The van der Waals surface area contributed by atoms with Crippen molar-refractivity contribution in [2.75, 3.05) is 0 Å². The summed E-state index contributed by atoms with van der Waals surface area (Å²) in [6.07, 6.45) is 7.14. The zero-order valence-electron chi connectivity index (χ0n) is 11.2. The maximum atomic E-state index is 11.3. The second-order valence-corrected chi connectivity index (χ2v) is 5.77. The number of cyclic esters (lactones) is 1. The lowest BCUT2D eigenvalue weighted by atomic mass is 9.84. The summed E-state index contributed by atoms with van der Waals surface area (Å²) in [5, 5.41) is 0. The molecule has 1 heterocycles. The van der Waals surface area contributed by atoms with Crippen LogP contribution in [-0.2, 0) is 9.53 Å². The molecule has 1 aromatic rings. The Hall–Kier alpha value is -1.35. The van der Waals surface area contributed by atoms with Crippen LogP contribution in [0.25, 0.3) is 0 Å².